The van der Waals surface area contributed by atoms with Crippen LogP contribution in [-0.2, 0) is 11.3 Å². The third-order valence-electron chi connectivity index (χ3n) is 4.25. The average molecular weight is 318 g/mol. The highest BCUT2D eigenvalue weighted by atomic mass is 16.6. The lowest BCUT2D eigenvalue weighted by Gasteiger charge is -2.41. The summed E-state index contributed by atoms with van der Waals surface area (Å²) in [7, 11) is 0. The van der Waals surface area contributed by atoms with Crippen molar-refractivity contribution in [1.82, 2.24) is 10.2 Å². The number of benzene rings is 1. The molecule has 128 valence electrons. The Bertz CT molecular complexity index is 498. The van der Waals surface area contributed by atoms with Crippen molar-refractivity contribution in [3.05, 3.63) is 35.9 Å². The number of piperidine rings is 1. The molecule has 1 fully saturated rings. The molecule has 0 spiro atoms. The summed E-state index contributed by atoms with van der Waals surface area (Å²) >= 11 is 0. The van der Waals surface area contributed by atoms with Crippen LogP contribution in [0.4, 0.5) is 4.79 Å². The van der Waals surface area contributed by atoms with Crippen molar-refractivity contribution < 1.29 is 9.53 Å². The summed E-state index contributed by atoms with van der Waals surface area (Å²) in [5.74, 6) is 0.796. The van der Waals surface area contributed by atoms with E-state index in [0.29, 0.717) is 11.8 Å². The van der Waals surface area contributed by atoms with Gasteiger partial charge in [-0.25, -0.2) is 4.79 Å². The molecule has 1 N–H and O–H groups in total. The summed E-state index contributed by atoms with van der Waals surface area (Å²) in [5.41, 5.74) is 0.885. The van der Waals surface area contributed by atoms with E-state index in [4.69, 9.17) is 4.74 Å². The Morgan fingerprint density at radius 1 is 1.17 bits per heavy atom. The van der Waals surface area contributed by atoms with Gasteiger partial charge in [0.2, 0.25) is 0 Å². The van der Waals surface area contributed by atoms with Gasteiger partial charge in [-0.2, -0.15) is 0 Å². The molecule has 1 aromatic carbocycles. The molecule has 0 saturated carbocycles. The molecular formula is C19H30N2O2. The summed E-state index contributed by atoms with van der Waals surface area (Å²) in [6, 6.07) is 10.7. The molecule has 0 aromatic heterocycles. The maximum Gasteiger partial charge on any atom is 0.407 e. The zero-order valence-corrected chi connectivity index (χ0v) is 15.0. The van der Waals surface area contributed by atoms with Gasteiger partial charge in [0.15, 0.2) is 0 Å². The molecule has 23 heavy (non-hydrogen) atoms. The normalized spacial score (nSPS) is 23.5. The monoisotopic (exact) mass is 318 g/mol. The van der Waals surface area contributed by atoms with Crippen molar-refractivity contribution in [2.45, 2.75) is 52.8 Å². The molecular weight excluding hydrogens is 288 g/mol. The van der Waals surface area contributed by atoms with Crippen LogP contribution < -0.4 is 5.32 Å². The van der Waals surface area contributed by atoms with Crippen LogP contribution in [0.2, 0.25) is 0 Å². The number of rotatable bonds is 3. The Morgan fingerprint density at radius 3 is 2.26 bits per heavy atom. The molecule has 1 aliphatic heterocycles. The number of hydrogen-bond donors (Lipinski definition) is 1. The Morgan fingerprint density at radius 2 is 1.74 bits per heavy atom. The van der Waals surface area contributed by atoms with Crippen LogP contribution in [0.5, 0.6) is 0 Å². The number of amides is 1. The second-order valence-electron chi connectivity index (χ2n) is 7.81. The van der Waals surface area contributed by atoms with E-state index in [1.165, 1.54) is 5.56 Å². The van der Waals surface area contributed by atoms with Gasteiger partial charge in [0, 0.05) is 25.7 Å². The number of carbonyl (C=O) groups is 1. The van der Waals surface area contributed by atoms with Gasteiger partial charge >= 0.3 is 6.09 Å². The predicted molar refractivity (Wildman–Crippen MR) is 93.2 cm³/mol. The van der Waals surface area contributed by atoms with Crippen molar-refractivity contribution >= 4 is 6.09 Å². The van der Waals surface area contributed by atoms with Crippen LogP contribution in [0.25, 0.3) is 0 Å². The largest absolute Gasteiger partial charge is 0.444 e. The van der Waals surface area contributed by atoms with Gasteiger partial charge in [-0.1, -0.05) is 44.2 Å². The molecule has 4 nitrogen and oxygen atoms in total. The maximum absolute atomic E-state index is 12.0. The molecule has 2 atom stereocenters. The first-order valence-corrected chi connectivity index (χ1v) is 8.50. The van der Waals surface area contributed by atoms with Crippen LogP contribution in [0.3, 0.4) is 0 Å². The van der Waals surface area contributed by atoms with Crippen molar-refractivity contribution in [1.29, 1.82) is 0 Å². The average Bonchev–Trinajstić information content (AvgIpc) is 2.42. The van der Waals surface area contributed by atoms with Crippen LogP contribution >= 0.6 is 0 Å². The summed E-state index contributed by atoms with van der Waals surface area (Å²) < 4.78 is 5.40. The van der Waals surface area contributed by atoms with Gasteiger partial charge in [0.25, 0.3) is 0 Å². The van der Waals surface area contributed by atoms with E-state index < -0.39 is 5.60 Å². The molecule has 2 rings (SSSR count). The number of ether oxygens (including phenoxy) is 1. The van der Waals surface area contributed by atoms with Gasteiger partial charge in [0.05, 0.1) is 0 Å². The van der Waals surface area contributed by atoms with E-state index in [2.05, 4.69) is 48.3 Å². The minimum Gasteiger partial charge on any atom is -0.444 e. The third kappa shape index (κ3) is 5.54. The quantitative estimate of drug-likeness (QED) is 0.924. The number of likely N-dealkylation sites (tertiary alicyclic amines) is 1. The van der Waals surface area contributed by atoms with E-state index in [-0.39, 0.29) is 12.1 Å². The highest BCUT2D eigenvalue weighted by molar-refractivity contribution is 5.68. The molecule has 0 radical (unpaired) electrons. The van der Waals surface area contributed by atoms with Gasteiger partial charge in [0.1, 0.15) is 5.60 Å². The summed E-state index contributed by atoms with van der Waals surface area (Å²) in [6.45, 7) is 13.0. The lowest BCUT2D eigenvalue weighted by molar-refractivity contribution is 0.0367. The smallest absolute Gasteiger partial charge is 0.407 e. The fourth-order valence-corrected chi connectivity index (χ4v) is 3.38. The lowest BCUT2D eigenvalue weighted by Crippen LogP contribution is -2.55. The van der Waals surface area contributed by atoms with Crippen LogP contribution in [0.15, 0.2) is 30.3 Å². The molecule has 0 unspecified atom stereocenters. The second kappa shape index (κ2) is 7.35. The van der Waals surface area contributed by atoms with Gasteiger partial charge < -0.3 is 10.1 Å². The molecule has 1 amide bonds. The van der Waals surface area contributed by atoms with E-state index in [1.54, 1.807) is 0 Å². The standard InChI is InChI=1S/C19H30N2O2/c1-14-11-21(13-16-9-7-6-8-10-16)12-15(2)17(14)20-18(22)23-19(3,4)5/h6-10,14-15,17H,11-13H2,1-5H3,(H,20,22)/t14-,15-/m0/s1. The van der Waals surface area contributed by atoms with Crippen LogP contribution in [-0.4, -0.2) is 35.7 Å². The molecule has 4 heteroatoms. The fraction of sp³-hybridized carbons (Fsp3) is 0.632. The Kier molecular flexibility index (Phi) is 5.69. The molecule has 1 aliphatic rings. The maximum atomic E-state index is 12.0. The Hall–Kier alpha value is -1.55. The number of nitrogens with one attached hydrogen (secondary N) is 1. The second-order valence-corrected chi connectivity index (χ2v) is 7.81. The molecule has 1 aromatic rings. The number of alkyl carbamates (subject to hydrolysis) is 1. The zero-order chi connectivity index (χ0) is 17.0. The first-order chi connectivity index (χ1) is 10.7. The first-order valence-electron chi connectivity index (χ1n) is 8.50. The highest BCUT2D eigenvalue weighted by Gasteiger charge is 2.33. The number of hydrogen-bond acceptors (Lipinski definition) is 3. The van der Waals surface area contributed by atoms with Crippen molar-refractivity contribution in [2.75, 3.05) is 13.1 Å². The van der Waals surface area contributed by atoms with E-state index in [0.717, 1.165) is 19.6 Å². The van der Waals surface area contributed by atoms with Crippen LogP contribution in [0, 0.1) is 11.8 Å². The SMILES string of the molecule is C[C@H]1CN(Cc2ccccc2)C[C@H](C)C1NC(=O)OC(C)(C)C. The molecule has 1 saturated heterocycles. The van der Waals surface area contributed by atoms with Crippen molar-refractivity contribution in [3.8, 4) is 0 Å². The van der Waals surface area contributed by atoms with E-state index in [9.17, 15) is 4.79 Å². The number of carbonyl (C=O) groups excluding carboxylic acids is 1. The highest BCUT2D eigenvalue weighted by Crippen LogP contribution is 2.24. The molecule has 1 heterocycles. The van der Waals surface area contributed by atoms with Gasteiger partial charge in [-0.05, 0) is 38.2 Å². The Labute approximate surface area is 140 Å². The van der Waals surface area contributed by atoms with Crippen LogP contribution in [0.1, 0.15) is 40.2 Å². The van der Waals surface area contributed by atoms with Gasteiger partial charge in [-0.15, -0.1) is 0 Å². The van der Waals surface area contributed by atoms with E-state index in [1.807, 2.05) is 26.8 Å². The minimum atomic E-state index is -0.454. The number of nitrogens with zero attached hydrogens (tertiary/aromatic N) is 1. The van der Waals surface area contributed by atoms with Gasteiger partial charge in [-0.3, -0.25) is 4.90 Å². The molecule has 0 aliphatic carbocycles. The topological polar surface area (TPSA) is 41.6 Å². The third-order valence-corrected chi connectivity index (χ3v) is 4.25. The summed E-state index contributed by atoms with van der Waals surface area (Å²) in [4.78, 5) is 14.5. The summed E-state index contributed by atoms with van der Waals surface area (Å²) in [5, 5.41) is 3.07. The predicted octanol–water partition coefficient (Wildman–Crippen LogP) is 3.67. The minimum absolute atomic E-state index is 0.164. The van der Waals surface area contributed by atoms with Crippen molar-refractivity contribution in [3.63, 3.8) is 0 Å². The van der Waals surface area contributed by atoms with Crippen molar-refractivity contribution in [2.24, 2.45) is 11.8 Å². The summed E-state index contributed by atoms with van der Waals surface area (Å²) in [6.07, 6.45) is -0.308. The Balaban J connectivity index is 1.90. The lowest BCUT2D eigenvalue weighted by atomic mass is 9.85. The van der Waals surface area contributed by atoms with E-state index >= 15 is 0 Å². The fourth-order valence-electron chi connectivity index (χ4n) is 3.38. The first kappa shape index (κ1) is 17.8. The zero-order valence-electron chi connectivity index (χ0n) is 15.0. The molecule has 0 bridgehead atoms.